The van der Waals surface area contributed by atoms with Crippen LogP contribution in [0.4, 0.5) is 9.18 Å². The minimum Gasteiger partial charge on any atom is -0.338 e. The second-order valence-electron chi connectivity index (χ2n) is 5.89. The van der Waals surface area contributed by atoms with Gasteiger partial charge in [-0.2, -0.15) is 0 Å². The molecule has 0 aliphatic heterocycles. The number of nitrogens with one attached hydrogen (secondary N) is 2. The Morgan fingerprint density at radius 1 is 1.17 bits per heavy atom. The van der Waals surface area contributed by atoms with E-state index < -0.39 is 5.54 Å². The summed E-state index contributed by atoms with van der Waals surface area (Å²) in [6, 6.07) is 13.4. The maximum absolute atomic E-state index is 13.0. The van der Waals surface area contributed by atoms with Crippen LogP contribution in [-0.4, -0.2) is 12.6 Å². The van der Waals surface area contributed by atoms with Crippen molar-refractivity contribution in [2.24, 2.45) is 0 Å². The van der Waals surface area contributed by atoms with E-state index in [1.807, 2.05) is 38.1 Å². The minimum absolute atomic E-state index is 0.263. The third-order valence-electron chi connectivity index (χ3n) is 3.58. The third-order valence-corrected chi connectivity index (χ3v) is 3.82. The first-order valence-electron chi connectivity index (χ1n) is 7.43. The molecule has 0 spiro atoms. The van der Waals surface area contributed by atoms with Crippen LogP contribution in [0.25, 0.3) is 0 Å². The Morgan fingerprint density at radius 3 is 2.52 bits per heavy atom. The maximum Gasteiger partial charge on any atom is 0.315 e. The Kier molecular flexibility index (Phi) is 5.61. The maximum atomic E-state index is 13.0. The quantitative estimate of drug-likeness (QED) is 0.843. The number of halogens is 2. The summed E-state index contributed by atoms with van der Waals surface area (Å²) in [6.07, 6.45) is 0.699. The number of carbonyl (C=O) groups is 1. The van der Waals surface area contributed by atoms with Crippen molar-refractivity contribution in [2.75, 3.05) is 6.54 Å². The Morgan fingerprint density at radius 2 is 1.87 bits per heavy atom. The zero-order valence-electron chi connectivity index (χ0n) is 13.2. The molecule has 3 nitrogen and oxygen atoms in total. The molecule has 0 aliphatic carbocycles. The molecule has 0 radical (unpaired) electrons. The van der Waals surface area contributed by atoms with E-state index >= 15 is 0 Å². The Bertz CT molecular complexity index is 671. The van der Waals surface area contributed by atoms with E-state index in [9.17, 15) is 9.18 Å². The Balaban J connectivity index is 1.85. The summed E-state index contributed by atoms with van der Waals surface area (Å²) in [4.78, 5) is 12.0. The lowest BCUT2D eigenvalue weighted by atomic mass is 9.94. The molecule has 0 heterocycles. The highest BCUT2D eigenvalue weighted by atomic mass is 35.5. The highest BCUT2D eigenvalue weighted by molar-refractivity contribution is 6.30. The molecule has 2 N–H and O–H groups in total. The smallest absolute Gasteiger partial charge is 0.315 e. The highest BCUT2D eigenvalue weighted by Gasteiger charge is 2.22. The molecule has 0 fully saturated rings. The van der Waals surface area contributed by atoms with Crippen LogP contribution in [-0.2, 0) is 12.0 Å². The topological polar surface area (TPSA) is 41.1 Å². The van der Waals surface area contributed by atoms with Gasteiger partial charge in [0.05, 0.1) is 5.54 Å². The summed E-state index contributed by atoms with van der Waals surface area (Å²) < 4.78 is 13.0. The van der Waals surface area contributed by atoms with Gasteiger partial charge in [0.25, 0.3) is 0 Å². The van der Waals surface area contributed by atoms with Crippen molar-refractivity contribution in [1.82, 2.24) is 10.6 Å². The number of benzene rings is 2. The monoisotopic (exact) mass is 334 g/mol. The predicted molar refractivity (Wildman–Crippen MR) is 91.1 cm³/mol. The van der Waals surface area contributed by atoms with Crippen LogP contribution < -0.4 is 10.6 Å². The largest absolute Gasteiger partial charge is 0.338 e. The van der Waals surface area contributed by atoms with E-state index in [0.717, 1.165) is 11.1 Å². The average molecular weight is 335 g/mol. The SMILES string of the molecule is CC(C)(NC(=O)NCCc1cccc(Cl)c1)c1ccc(F)cc1. The Hall–Kier alpha value is -2.07. The van der Waals surface area contributed by atoms with Crippen molar-refractivity contribution in [3.05, 3.63) is 70.5 Å². The van der Waals surface area contributed by atoms with Gasteiger partial charge >= 0.3 is 6.03 Å². The number of hydrogen-bond acceptors (Lipinski definition) is 1. The van der Waals surface area contributed by atoms with E-state index in [-0.39, 0.29) is 11.8 Å². The second kappa shape index (κ2) is 7.47. The average Bonchev–Trinajstić information content (AvgIpc) is 2.47. The molecule has 0 saturated heterocycles. The van der Waals surface area contributed by atoms with Crippen LogP contribution >= 0.6 is 11.6 Å². The van der Waals surface area contributed by atoms with Gasteiger partial charge in [0.1, 0.15) is 5.82 Å². The van der Waals surface area contributed by atoms with Crippen LogP contribution in [0, 0.1) is 5.82 Å². The second-order valence-corrected chi connectivity index (χ2v) is 6.33. The lowest BCUT2D eigenvalue weighted by molar-refractivity contribution is 0.230. The first-order chi connectivity index (χ1) is 10.9. The summed E-state index contributed by atoms with van der Waals surface area (Å²) in [7, 11) is 0. The number of hydrogen-bond donors (Lipinski definition) is 2. The van der Waals surface area contributed by atoms with E-state index in [1.165, 1.54) is 12.1 Å². The molecule has 0 bridgehead atoms. The highest BCUT2D eigenvalue weighted by Crippen LogP contribution is 2.20. The van der Waals surface area contributed by atoms with Crippen molar-refractivity contribution in [3.63, 3.8) is 0 Å². The van der Waals surface area contributed by atoms with Gasteiger partial charge in [-0.3, -0.25) is 0 Å². The third kappa shape index (κ3) is 5.25. The lowest BCUT2D eigenvalue weighted by Crippen LogP contribution is -2.46. The first kappa shape index (κ1) is 17.3. The molecular weight excluding hydrogens is 315 g/mol. The van der Waals surface area contributed by atoms with Gasteiger partial charge in [-0.25, -0.2) is 9.18 Å². The van der Waals surface area contributed by atoms with Gasteiger partial charge in [-0.1, -0.05) is 35.9 Å². The van der Waals surface area contributed by atoms with Crippen molar-refractivity contribution < 1.29 is 9.18 Å². The molecule has 0 unspecified atom stereocenters. The zero-order valence-corrected chi connectivity index (χ0v) is 14.0. The fourth-order valence-electron chi connectivity index (χ4n) is 2.28. The van der Waals surface area contributed by atoms with Gasteiger partial charge in [0, 0.05) is 11.6 Å². The molecule has 0 aromatic heterocycles. The van der Waals surface area contributed by atoms with Crippen LogP contribution in [0.1, 0.15) is 25.0 Å². The molecule has 2 aromatic carbocycles. The summed E-state index contributed by atoms with van der Waals surface area (Å²) >= 11 is 5.93. The van der Waals surface area contributed by atoms with Crippen molar-refractivity contribution >= 4 is 17.6 Å². The van der Waals surface area contributed by atoms with Crippen LogP contribution in [0.5, 0.6) is 0 Å². The fraction of sp³-hybridized carbons (Fsp3) is 0.278. The normalized spacial score (nSPS) is 11.1. The molecule has 122 valence electrons. The number of amides is 2. The van der Waals surface area contributed by atoms with Crippen LogP contribution in [0.15, 0.2) is 48.5 Å². The molecule has 0 atom stereocenters. The minimum atomic E-state index is -0.589. The first-order valence-corrected chi connectivity index (χ1v) is 7.81. The van der Waals surface area contributed by atoms with E-state index in [0.29, 0.717) is 18.0 Å². The number of rotatable bonds is 5. The van der Waals surface area contributed by atoms with E-state index in [4.69, 9.17) is 11.6 Å². The predicted octanol–water partition coefficient (Wildman–Crippen LogP) is 4.26. The van der Waals surface area contributed by atoms with Crippen LogP contribution in [0.3, 0.4) is 0 Å². The summed E-state index contributed by atoms with van der Waals surface area (Å²) in [5, 5.41) is 6.40. The van der Waals surface area contributed by atoms with Gasteiger partial charge in [0.2, 0.25) is 0 Å². The Labute approximate surface area is 140 Å². The summed E-state index contributed by atoms with van der Waals surface area (Å²) in [5.74, 6) is -0.296. The van der Waals surface area contributed by atoms with E-state index in [2.05, 4.69) is 10.6 Å². The molecular formula is C18H20ClFN2O. The van der Waals surface area contributed by atoms with E-state index in [1.54, 1.807) is 12.1 Å². The van der Waals surface area contributed by atoms with Gasteiger partial charge < -0.3 is 10.6 Å². The van der Waals surface area contributed by atoms with Gasteiger partial charge in [-0.15, -0.1) is 0 Å². The van der Waals surface area contributed by atoms with Crippen molar-refractivity contribution in [1.29, 1.82) is 0 Å². The molecule has 5 heteroatoms. The molecule has 2 aromatic rings. The van der Waals surface area contributed by atoms with Gasteiger partial charge in [-0.05, 0) is 55.7 Å². The molecule has 2 rings (SSSR count). The van der Waals surface area contributed by atoms with Gasteiger partial charge in [0.15, 0.2) is 0 Å². The zero-order chi connectivity index (χ0) is 16.9. The molecule has 0 aliphatic rings. The van der Waals surface area contributed by atoms with Crippen LogP contribution in [0.2, 0.25) is 5.02 Å². The standard InChI is InChI=1S/C18H20ClFN2O/c1-18(2,14-6-8-16(20)9-7-14)22-17(23)21-11-10-13-4-3-5-15(19)12-13/h3-9,12H,10-11H2,1-2H3,(H2,21,22,23). The summed E-state index contributed by atoms with van der Waals surface area (Å²) in [5.41, 5.74) is 1.31. The van der Waals surface area contributed by atoms with Crippen molar-refractivity contribution in [2.45, 2.75) is 25.8 Å². The lowest BCUT2D eigenvalue weighted by Gasteiger charge is -2.27. The number of carbonyl (C=O) groups excluding carboxylic acids is 1. The fourth-order valence-corrected chi connectivity index (χ4v) is 2.49. The molecule has 0 saturated carbocycles. The number of urea groups is 1. The van der Waals surface area contributed by atoms with Crippen molar-refractivity contribution in [3.8, 4) is 0 Å². The summed E-state index contributed by atoms with van der Waals surface area (Å²) in [6.45, 7) is 4.25. The molecule has 23 heavy (non-hydrogen) atoms. The molecule has 2 amide bonds.